The van der Waals surface area contributed by atoms with Gasteiger partial charge < -0.3 is 10.2 Å². The summed E-state index contributed by atoms with van der Waals surface area (Å²) in [6.07, 6.45) is 4.81. The van der Waals surface area contributed by atoms with Crippen molar-refractivity contribution in [1.29, 1.82) is 5.26 Å². The molecule has 0 bridgehead atoms. The summed E-state index contributed by atoms with van der Waals surface area (Å²) in [5.41, 5.74) is 1.72. The van der Waals surface area contributed by atoms with Crippen LogP contribution < -0.4 is 5.32 Å². The van der Waals surface area contributed by atoms with E-state index in [0.717, 1.165) is 25.0 Å². The van der Waals surface area contributed by atoms with Crippen LogP contribution in [0.25, 0.3) is 0 Å². The van der Waals surface area contributed by atoms with Crippen molar-refractivity contribution in [3.8, 4) is 6.07 Å². The lowest BCUT2D eigenvalue weighted by atomic mass is 9.93. The number of amides is 2. The van der Waals surface area contributed by atoms with E-state index in [9.17, 15) is 9.59 Å². The van der Waals surface area contributed by atoms with Crippen LogP contribution in [0.4, 0.5) is 0 Å². The number of hydrogen-bond donors (Lipinski definition) is 1. The van der Waals surface area contributed by atoms with Gasteiger partial charge in [-0.1, -0.05) is 6.07 Å². The van der Waals surface area contributed by atoms with Crippen LogP contribution >= 0.6 is 0 Å². The molecule has 2 aromatic rings. The van der Waals surface area contributed by atoms with E-state index in [1.165, 1.54) is 0 Å². The van der Waals surface area contributed by atoms with Gasteiger partial charge in [0.15, 0.2) is 0 Å². The molecule has 0 saturated heterocycles. The Morgan fingerprint density at radius 2 is 2.12 bits per heavy atom. The lowest BCUT2D eigenvalue weighted by Gasteiger charge is -2.35. The van der Waals surface area contributed by atoms with E-state index < -0.39 is 6.04 Å². The Labute approximate surface area is 151 Å². The topological polar surface area (TPSA) is 91.0 Å². The van der Waals surface area contributed by atoms with Crippen LogP contribution in [0.5, 0.6) is 0 Å². The van der Waals surface area contributed by atoms with Gasteiger partial charge in [-0.25, -0.2) is 0 Å². The van der Waals surface area contributed by atoms with Gasteiger partial charge in [0.2, 0.25) is 5.91 Å². The second-order valence-corrected chi connectivity index (χ2v) is 6.80. The molecule has 2 aliphatic rings. The van der Waals surface area contributed by atoms with E-state index in [4.69, 9.17) is 5.26 Å². The van der Waals surface area contributed by atoms with Gasteiger partial charge in [-0.15, -0.1) is 0 Å². The Hall–Kier alpha value is -3.14. The minimum atomic E-state index is -0.530. The maximum Gasteiger partial charge on any atom is 0.254 e. The third-order valence-corrected chi connectivity index (χ3v) is 5.07. The molecule has 1 saturated carbocycles. The summed E-state index contributed by atoms with van der Waals surface area (Å²) in [5, 5.41) is 16.4. The highest BCUT2D eigenvalue weighted by atomic mass is 16.2. The Morgan fingerprint density at radius 1 is 1.27 bits per heavy atom. The van der Waals surface area contributed by atoms with Gasteiger partial charge in [-0.05, 0) is 43.5 Å². The number of fused-ring (bicyclic) bond motifs is 1. The number of rotatable bonds is 3. The summed E-state index contributed by atoms with van der Waals surface area (Å²) in [5.74, 6) is -0.279. The minimum Gasteiger partial charge on any atom is -0.351 e. The van der Waals surface area contributed by atoms with E-state index >= 15 is 0 Å². The third-order valence-electron chi connectivity index (χ3n) is 5.07. The van der Waals surface area contributed by atoms with Crippen LogP contribution in [0.3, 0.4) is 0 Å². The molecule has 0 radical (unpaired) electrons. The molecule has 1 N–H and O–H groups in total. The lowest BCUT2D eigenvalue weighted by Crippen LogP contribution is -2.50. The van der Waals surface area contributed by atoms with E-state index in [1.807, 2.05) is 12.1 Å². The largest absolute Gasteiger partial charge is 0.351 e. The maximum absolute atomic E-state index is 12.9. The molecule has 1 aliphatic heterocycles. The molecule has 1 aromatic heterocycles. The van der Waals surface area contributed by atoms with Crippen molar-refractivity contribution in [2.24, 2.45) is 0 Å². The highest BCUT2D eigenvalue weighted by molar-refractivity contribution is 5.95. The molecule has 26 heavy (non-hydrogen) atoms. The number of nitrogens with zero attached hydrogens (tertiary/aromatic N) is 4. The zero-order valence-corrected chi connectivity index (χ0v) is 14.3. The summed E-state index contributed by atoms with van der Waals surface area (Å²) in [4.78, 5) is 27.3. The standard InChI is InChI=1S/C19H19N5O2/c20-10-13-3-1-4-14(9-13)19(26)23-11-16-7-8-21-24(16)17(12-23)18(25)22-15-5-2-6-15/h1,3-4,7-9,15,17H,2,5-6,11-12H2,(H,22,25). The molecule has 2 heterocycles. The Balaban J connectivity index is 1.57. The molecule has 4 rings (SSSR count). The summed E-state index contributed by atoms with van der Waals surface area (Å²) in [6.45, 7) is 0.658. The first-order chi connectivity index (χ1) is 12.7. The van der Waals surface area contributed by atoms with Gasteiger partial charge in [0.05, 0.1) is 30.4 Å². The Bertz CT molecular complexity index is 893. The van der Waals surface area contributed by atoms with Gasteiger partial charge in [-0.3, -0.25) is 14.3 Å². The average Bonchev–Trinajstić information content (AvgIpc) is 3.11. The number of carbonyl (C=O) groups is 2. The molecular formula is C19H19N5O2. The van der Waals surface area contributed by atoms with Crippen molar-refractivity contribution in [2.75, 3.05) is 6.54 Å². The van der Waals surface area contributed by atoms with Crippen LogP contribution in [-0.2, 0) is 11.3 Å². The van der Waals surface area contributed by atoms with Crippen molar-refractivity contribution in [3.63, 3.8) is 0 Å². The van der Waals surface area contributed by atoms with E-state index in [0.29, 0.717) is 17.7 Å². The molecule has 7 nitrogen and oxygen atoms in total. The number of benzene rings is 1. The predicted octanol–water partition coefficient (Wildman–Crippen LogP) is 1.62. The number of hydrogen-bond acceptors (Lipinski definition) is 4. The number of nitriles is 1. The first kappa shape index (κ1) is 16.3. The van der Waals surface area contributed by atoms with Gasteiger partial charge in [0.25, 0.3) is 5.91 Å². The molecule has 132 valence electrons. The molecule has 7 heteroatoms. The zero-order chi connectivity index (χ0) is 18.1. The first-order valence-electron chi connectivity index (χ1n) is 8.78. The molecule has 1 atom stereocenters. The highest BCUT2D eigenvalue weighted by Crippen LogP contribution is 2.24. The quantitative estimate of drug-likeness (QED) is 0.911. The summed E-state index contributed by atoms with van der Waals surface area (Å²) in [6, 6.07) is 10.2. The van der Waals surface area contributed by atoms with Gasteiger partial charge in [0.1, 0.15) is 6.04 Å². The lowest BCUT2D eigenvalue weighted by molar-refractivity contribution is -0.126. The fourth-order valence-corrected chi connectivity index (χ4v) is 3.40. The summed E-state index contributed by atoms with van der Waals surface area (Å²) in [7, 11) is 0. The van der Waals surface area contributed by atoms with Crippen molar-refractivity contribution in [1.82, 2.24) is 20.0 Å². The molecule has 1 aromatic carbocycles. The van der Waals surface area contributed by atoms with Crippen LogP contribution in [-0.4, -0.2) is 39.1 Å². The van der Waals surface area contributed by atoms with Crippen LogP contribution in [0.1, 0.15) is 46.9 Å². The van der Waals surface area contributed by atoms with Crippen LogP contribution in [0.15, 0.2) is 36.5 Å². The first-order valence-corrected chi connectivity index (χ1v) is 8.78. The van der Waals surface area contributed by atoms with Crippen molar-refractivity contribution >= 4 is 11.8 Å². The third kappa shape index (κ3) is 2.94. The molecule has 1 aliphatic carbocycles. The number of aromatic nitrogens is 2. The predicted molar refractivity (Wildman–Crippen MR) is 92.9 cm³/mol. The van der Waals surface area contributed by atoms with Gasteiger partial charge >= 0.3 is 0 Å². The second-order valence-electron chi connectivity index (χ2n) is 6.80. The average molecular weight is 349 g/mol. The van der Waals surface area contributed by atoms with E-state index in [2.05, 4.69) is 10.4 Å². The van der Waals surface area contributed by atoms with Crippen molar-refractivity contribution < 1.29 is 9.59 Å². The Kier molecular flexibility index (Phi) is 4.17. The smallest absolute Gasteiger partial charge is 0.254 e. The van der Waals surface area contributed by atoms with Crippen molar-refractivity contribution in [3.05, 3.63) is 53.3 Å². The monoisotopic (exact) mass is 349 g/mol. The van der Waals surface area contributed by atoms with Crippen molar-refractivity contribution in [2.45, 2.75) is 37.9 Å². The Morgan fingerprint density at radius 3 is 2.85 bits per heavy atom. The molecule has 2 amide bonds. The minimum absolute atomic E-state index is 0.0945. The van der Waals surface area contributed by atoms with E-state index in [1.54, 1.807) is 40.0 Å². The maximum atomic E-state index is 12.9. The van der Waals surface area contributed by atoms with Crippen LogP contribution in [0, 0.1) is 11.3 Å². The number of carbonyl (C=O) groups excluding carboxylic acids is 2. The molecule has 1 fully saturated rings. The summed E-state index contributed by atoms with van der Waals surface area (Å²) < 4.78 is 1.71. The number of nitrogens with one attached hydrogen (secondary N) is 1. The van der Waals surface area contributed by atoms with Crippen LogP contribution in [0.2, 0.25) is 0 Å². The fraction of sp³-hybridized carbons (Fsp3) is 0.368. The molecular weight excluding hydrogens is 330 g/mol. The molecule has 0 spiro atoms. The normalized spacial score (nSPS) is 19.2. The van der Waals surface area contributed by atoms with Gasteiger partial charge in [0, 0.05) is 17.8 Å². The van der Waals surface area contributed by atoms with E-state index in [-0.39, 0.29) is 24.4 Å². The highest BCUT2D eigenvalue weighted by Gasteiger charge is 2.34. The zero-order valence-electron chi connectivity index (χ0n) is 14.3. The second kappa shape index (κ2) is 6.64. The fourth-order valence-electron chi connectivity index (χ4n) is 3.40. The SMILES string of the molecule is N#Cc1cccc(C(=O)N2Cc3ccnn3C(C(=O)NC3CCC3)C2)c1. The van der Waals surface area contributed by atoms with Gasteiger partial charge in [-0.2, -0.15) is 10.4 Å². The summed E-state index contributed by atoms with van der Waals surface area (Å²) >= 11 is 0. The molecule has 1 unspecified atom stereocenters.